The quantitative estimate of drug-likeness (QED) is 0.191. The van der Waals surface area contributed by atoms with Gasteiger partial charge in [0, 0.05) is 9.40 Å². The van der Waals surface area contributed by atoms with E-state index < -0.39 is 8.07 Å². The van der Waals surface area contributed by atoms with E-state index in [1.54, 1.807) is 10.4 Å². The summed E-state index contributed by atoms with van der Waals surface area (Å²) in [5.41, 5.74) is 8.37. The Morgan fingerprint density at radius 1 is 0.526 bits per heavy atom. The fourth-order valence-electron chi connectivity index (χ4n) is 6.27. The molecule has 7 rings (SSSR count). The maximum atomic E-state index is 2.62. The van der Waals surface area contributed by atoms with Gasteiger partial charge in [0.05, 0.1) is 0 Å². The van der Waals surface area contributed by atoms with E-state index in [0.717, 1.165) is 6.04 Å². The summed E-state index contributed by atoms with van der Waals surface area (Å²) in [6.07, 6.45) is 0. The molecule has 3 heterocycles. The predicted octanol–water partition coefficient (Wildman–Crippen LogP) is 10.8. The lowest BCUT2D eigenvalue weighted by Crippen LogP contribution is -2.31. The first-order valence-electron chi connectivity index (χ1n) is 13.2. The van der Waals surface area contributed by atoms with Crippen LogP contribution in [0.2, 0.25) is 12.6 Å². The lowest BCUT2D eigenvalue weighted by molar-refractivity contribution is 1.40. The van der Waals surface area contributed by atoms with Crippen molar-refractivity contribution in [3.63, 3.8) is 0 Å². The lowest BCUT2D eigenvalue weighted by atomic mass is 9.89. The Kier molecular flexibility index (Phi) is 5.81. The molecule has 0 atom stereocenters. The number of hydrogen-bond acceptors (Lipinski definition) is 2. The van der Waals surface area contributed by atoms with Crippen LogP contribution in [0, 0.1) is 0 Å². The van der Waals surface area contributed by atoms with Gasteiger partial charge in [0.1, 0.15) is 8.07 Å². The van der Waals surface area contributed by atoms with E-state index in [2.05, 4.69) is 133 Å². The van der Waals surface area contributed by atoms with Gasteiger partial charge in [-0.1, -0.05) is 117 Å². The second kappa shape index (κ2) is 9.35. The molecule has 3 heteroatoms. The molecule has 0 N–H and O–H groups in total. The predicted molar refractivity (Wildman–Crippen MR) is 172 cm³/mol. The van der Waals surface area contributed by atoms with Gasteiger partial charge < -0.3 is 0 Å². The molecular weight excluding hydrogens is 513 g/mol. The molecule has 4 aromatic carbocycles. The van der Waals surface area contributed by atoms with Crippen molar-refractivity contribution in [2.45, 2.75) is 19.5 Å². The van der Waals surface area contributed by atoms with Gasteiger partial charge in [-0.25, -0.2) is 0 Å². The van der Waals surface area contributed by atoms with Crippen LogP contribution in [0.4, 0.5) is 0 Å². The van der Waals surface area contributed by atoms with Gasteiger partial charge >= 0.3 is 0 Å². The number of rotatable bonds is 5. The molecule has 184 valence electrons. The summed E-state index contributed by atoms with van der Waals surface area (Å²) in [6, 6.07) is 41.3. The minimum atomic E-state index is -2.18. The van der Waals surface area contributed by atoms with Crippen molar-refractivity contribution in [3.05, 3.63) is 142 Å². The third-order valence-electron chi connectivity index (χ3n) is 8.19. The van der Waals surface area contributed by atoms with Gasteiger partial charge in [0.2, 0.25) is 0 Å². The Morgan fingerprint density at radius 2 is 0.921 bits per heavy atom. The second-order valence-electron chi connectivity index (χ2n) is 10.2. The number of thiophene rings is 2. The zero-order valence-electron chi connectivity index (χ0n) is 21.6. The van der Waals surface area contributed by atoms with E-state index in [0.29, 0.717) is 0 Å². The van der Waals surface area contributed by atoms with Crippen molar-refractivity contribution < 1.29 is 0 Å². The zero-order chi connectivity index (χ0) is 25.7. The lowest BCUT2D eigenvalue weighted by Gasteiger charge is -2.29. The van der Waals surface area contributed by atoms with Crippen LogP contribution in [0.1, 0.15) is 29.2 Å². The molecule has 0 aliphatic carbocycles. The van der Waals surface area contributed by atoms with Gasteiger partial charge in [-0.15, -0.1) is 22.7 Å². The average molecular weight is 541 g/mol. The highest BCUT2D eigenvalue weighted by atomic mass is 32.1. The largest absolute Gasteiger partial charge is 0.143 e. The topological polar surface area (TPSA) is 0 Å². The standard InChI is InChI=1S/C35H28S2Si/c1-3-38(2)34(28-22-36-30-20-12-10-18-26(28)30)32(24-14-6-4-7-15-24)33(25-16-8-5-9-17-25)35(38)29-23-37-31-21-13-11-19-27(29)31/h4-23H,3H2,1-2H3. The van der Waals surface area contributed by atoms with Crippen molar-refractivity contribution in [3.8, 4) is 0 Å². The maximum Gasteiger partial charge on any atom is 0.118 e. The third-order valence-corrected chi connectivity index (χ3v) is 14.8. The van der Waals surface area contributed by atoms with Crippen LogP contribution >= 0.6 is 22.7 Å². The van der Waals surface area contributed by atoms with Crippen molar-refractivity contribution in [1.82, 2.24) is 0 Å². The van der Waals surface area contributed by atoms with Crippen LogP contribution in [-0.2, 0) is 0 Å². The highest BCUT2D eigenvalue weighted by molar-refractivity contribution is 7.20. The molecule has 6 aromatic rings. The Hall–Kier alpha value is -3.50. The Morgan fingerprint density at radius 3 is 1.34 bits per heavy atom. The summed E-state index contributed by atoms with van der Waals surface area (Å²) in [7, 11) is -2.18. The first kappa shape index (κ1) is 23.6. The van der Waals surface area contributed by atoms with Gasteiger partial charge in [-0.3, -0.25) is 0 Å². The molecule has 2 aromatic heterocycles. The molecule has 0 bridgehead atoms. The highest BCUT2D eigenvalue weighted by Gasteiger charge is 2.47. The molecule has 0 saturated heterocycles. The van der Waals surface area contributed by atoms with Crippen LogP contribution in [0.25, 0.3) is 41.7 Å². The smallest absolute Gasteiger partial charge is 0.118 e. The summed E-state index contributed by atoms with van der Waals surface area (Å²) < 4.78 is 2.73. The second-order valence-corrected chi connectivity index (χ2v) is 16.4. The van der Waals surface area contributed by atoms with Crippen molar-refractivity contribution in [1.29, 1.82) is 0 Å². The summed E-state index contributed by atoms with van der Waals surface area (Å²) >= 11 is 3.76. The monoisotopic (exact) mass is 540 g/mol. The third kappa shape index (κ3) is 3.54. The normalized spacial score (nSPS) is 15.2. The summed E-state index contributed by atoms with van der Waals surface area (Å²) in [6.45, 7) is 5.04. The number of allylic oxidation sites excluding steroid dienone is 2. The molecule has 0 radical (unpaired) electrons. The highest BCUT2D eigenvalue weighted by Crippen LogP contribution is 2.59. The first-order chi connectivity index (χ1) is 18.7. The summed E-state index contributed by atoms with van der Waals surface area (Å²) in [4.78, 5) is 0. The number of benzene rings is 4. The molecule has 0 fully saturated rings. The summed E-state index contributed by atoms with van der Waals surface area (Å²) in [5.74, 6) is 0. The summed E-state index contributed by atoms with van der Waals surface area (Å²) in [5, 5.41) is 10.8. The molecular formula is C35H28S2Si. The van der Waals surface area contributed by atoms with Crippen molar-refractivity contribution in [2.24, 2.45) is 0 Å². The van der Waals surface area contributed by atoms with E-state index in [-0.39, 0.29) is 0 Å². The van der Waals surface area contributed by atoms with Crippen LogP contribution in [0.5, 0.6) is 0 Å². The maximum absolute atomic E-state index is 2.62. The molecule has 0 nitrogen and oxygen atoms in total. The van der Waals surface area contributed by atoms with Gasteiger partial charge in [0.15, 0.2) is 0 Å². The average Bonchev–Trinajstić information content (AvgIpc) is 3.66. The number of hydrogen-bond donors (Lipinski definition) is 0. The van der Waals surface area contributed by atoms with Crippen LogP contribution in [0.3, 0.4) is 0 Å². The van der Waals surface area contributed by atoms with Crippen LogP contribution in [0.15, 0.2) is 120 Å². The van der Waals surface area contributed by atoms with E-state index in [9.17, 15) is 0 Å². The molecule has 1 aliphatic rings. The fraction of sp³-hybridized carbons (Fsp3) is 0.0857. The van der Waals surface area contributed by atoms with Crippen LogP contribution in [-0.4, -0.2) is 8.07 Å². The number of fused-ring (bicyclic) bond motifs is 2. The van der Waals surface area contributed by atoms with E-state index >= 15 is 0 Å². The molecule has 0 amide bonds. The molecule has 0 saturated carbocycles. The molecule has 1 aliphatic heterocycles. The van der Waals surface area contributed by atoms with Gasteiger partial charge in [-0.2, -0.15) is 0 Å². The zero-order valence-corrected chi connectivity index (χ0v) is 24.2. The van der Waals surface area contributed by atoms with E-state index in [4.69, 9.17) is 0 Å². The van der Waals surface area contributed by atoms with Gasteiger partial charge in [-0.05, 0) is 77.5 Å². The minimum absolute atomic E-state index is 1.15. The molecule has 38 heavy (non-hydrogen) atoms. The van der Waals surface area contributed by atoms with Crippen molar-refractivity contribution >= 4 is 72.5 Å². The van der Waals surface area contributed by atoms with E-state index in [1.165, 1.54) is 53.6 Å². The van der Waals surface area contributed by atoms with Gasteiger partial charge in [0.25, 0.3) is 0 Å². The Bertz CT molecular complexity index is 1720. The minimum Gasteiger partial charge on any atom is -0.143 e. The molecule has 0 spiro atoms. The Balaban J connectivity index is 1.66. The fourth-order valence-corrected chi connectivity index (χ4v) is 12.6. The van der Waals surface area contributed by atoms with Crippen molar-refractivity contribution in [2.75, 3.05) is 0 Å². The first-order valence-corrected chi connectivity index (χ1v) is 17.7. The Labute approximate surface area is 233 Å². The van der Waals surface area contributed by atoms with Crippen LogP contribution < -0.4 is 0 Å². The molecule has 0 unspecified atom stereocenters. The SMILES string of the molecule is CC[Si]1(C)C(c2csc3ccccc23)=C(c2ccccc2)C(c2ccccc2)=C1c1csc2ccccc12. The van der Waals surface area contributed by atoms with E-state index in [1.807, 2.05) is 22.7 Å².